The van der Waals surface area contributed by atoms with Crippen molar-refractivity contribution < 1.29 is 8.94 Å². The summed E-state index contributed by atoms with van der Waals surface area (Å²) in [6, 6.07) is 1.83. The van der Waals surface area contributed by atoms with E-state index in [-0.39, 0.29) is 0 Å². The molecular formula is C10H7N3O2. The summed E-state index contributed by atoms with van der Waals surface area (Å²) in [5.41, 5.74) is 7.98. The lowest BCUT2D eigenvalue weighted by atomic mass is 10.1. The number of nitrogens with two attached hydrogens (primary N) is 1. The Kier molecular flexibility index (Phi) is 1.53. The van der Waals surface area contributed by atoms with Crippen LogP contribution in [0.3, 0.4) is 0 Å². The summed E-state index contributed by atoms with van der Waals surface area (Å²) in [7, 11) is 0. The predicted octanol–water partition coefficient (Wildman–Crippen LogP) is 2.06. The summed E-state index contributed by atoms with van der Waals surface area (Å²) < 4.78 is 10.1. The number of rotatable bonds is 1. The van der Waals surface area contributed by atoms with Crippen LogP contribution in [-0.4, -0.2) is 10.1 Å². The number of furan rings is 1. The van der Waals surface area contributed by atoms with Gasteiger partial charge in [0, 0.05) is 17.1 Å². The van der Waals surface area contributed by atoms with E-state index in [0.29, 0.717) is 11.4 Å². The molecule has 0 aliphatic rings. The number of fused-ring (bicyclic) bond motifs is 1. The van der Waals surface area contributed by atoms with Crippen LogP contribution in [-0.2, 0) is 0 Å². The van der Waals surface area contributed by atoms with Crippen LogP contribution in [0.25, 0.3) is 22.1 Å². The highest BCUT2D eigenvalue weighted by Gasteiger charge is 2.13. The largest absolute Gasteiger partial charge is 0.463 e. The third-order valence-electron chi connectivity index (χ3n) is 2.24. The molecule has 15 heavy (non-hydrogen) atoms. The van der Waals surface area contributed by atoms with E-state index in [4.69, 9.17) is 14.7 Å². The molecule has 3 heterocycles. The van der Waals surface area contributed by atoms with Crippen molar-refractivity contribution in [3.8, 4) is 11.1 Å². The zero-order valence-electron chi connectivity index (χ0n) is 7.68. The van der Waals surface area contributed by atoms with Crippen molar-refractivity contribution in [3.05, 3.63) is 31.0 Å². The van der Waals surface area contributed by atoms with E-state index >= 15 is 0 Å². The number of nitrogen functional groups attached to an aromatic ring is 1. The topological polar surface area (TPSA) is 78.1 Å². The highest BCUT2D eigenvalue weighted by Crippen LogP contribution is 2.32. The molecule has 0 bridgehead atoms. The van der Waals surface area contributed by atoms with Gasteiger partial charge in [-0.05, 0) is 6.07 Å². The van der Waals surface area contributed by atoms with Crippen LogP contribution in [0.1, 0.15) is 0 Å². The lowest BCUT2D eigenvalue weighted by Crippen LogP contribution is -1.93. The lowest BCUT2D eigenvalue weighted by Gasteiger charge is -2.01. The van der Waals surface area contributed by atoms with Crippen LogP contribution in [0.4, 0.5) is 5.82 Å². The van der Waals surface area contributed by atoms with Gasteiger partial charge >= 0.3 is 0 Å². The first-order valence-electron chi connectivity index (χ1n) is 4.37. The molecule has 0 spiro atoms. The van der Waals surface area contributed by atoms with Crippen molar-refractivity contribution in [3.63, 3.8) is 0 Å². The molecule has 3 rings (SSSR count). The molecule has 0 saturated carbocycles. The standard InChI is InChI=1S/C10H7N3O2/c11-10-8(7-4-13-15-5-7)9-6(3-12-10)1-2-14-9/h1-5H,(H2,11,12). The van der Waals surface area contributed by atoms with Gasteiger partial charge in [0.25, 0.3) is 0 Å². The van der Waals surface area contributed by atoms with E-state index in [1.165, 1.54) is 6.26 Å². The van der Waals surface area contributed by atoms with Crippen molar-refractivity contribution >= 4 is 16.8 Å². The second-order valence-corrected chi connectivity index (χ2v) is 3.14. The summed E-state index contributed by atoms with van der Waals surface area (Å²) in [5.74, 6) is 0.403. The molecule has 3 aromatic rings. The minimum atomic E-state index is 0.403. The third kappa shape index (κ3) is 1.10. The van der Waals surface area contributed by atoms with Crippen LogP contribution in [0.15, 0.2) is 39.9 Å². The molecule has 74 valence electrons. The molecular weight excluding hydrogens is 194 g/mol. The summed E-state index contributed by atoms with van der Waals surface area (Å²) in [5, 5.41) is 4.53. The molecule has 0 amide bonds. The van der Waals surface area contributed by atoms with E-state index in [2.05, 4.69) is 10.1 Å². The maximum Gasteiger partial charge on any atom is 0.147 e. The number of hydrogen-bond donors (Lipinski definition) is 1. The average Bonchev–Trinajstić information content (AvgIpc) is 2.85. The Balaban J connectivity index is 2.41. The summed E-state index contributed by atoms with van der Waals surface area (Å²) in [6.07, 6.45) is 6.36. The first-order chi connectivity index (χ1) is 7.36. The van der Waals surface area contributed by atoms with Gasteiger partial charge in [0.1, 0.15) is 17.7 Å². The van der Waals surface area contributed by atoms with Gasteiger partial charge in [0.15, 0.2) is 0 Å². The van der Waals surface area contributed by atoms with Crippen molar-refractivity contribution in [1.82, 2.24) is 10.1 Å². The Morgan fingerprint density at radius 1 is 1.27 bits per heavy atom. The van der Waals surface area contributed by atoms with E-state index in [9.17, 15) is 0 Å². The molecule has 5 nitrogen and oxygen atoms in total. The lowest BCUT2D eigenvalue weighted by molar-refractivity contribution is 0.420. The highest BCUT2D eigenvalue weighted by molar-refractivity contribution is 5.96. The summed E-state index contributed by atoms with van der Waals surface area (Å²) in [6.45, 7) is 0. The van der Waals surface area contributed by atoms with E-state index in [1.54, 1.807) is 18.7 Å². The van der Waals surface area contributed by atoms with Crippen LogP contribution in [0.5, 0.6) is 0 Å². The van der Waals surface area contributed by atoms with Gasteiger partial charge in [-0.2, -0.15) is 0 Å². The van der Waals surface area contributed by atoms with E-state index in [0.717, 1.165) is 16.5 Å². The first kappa shape index (κ1) is 8.05. The zero-order valence-corrected chi connectivity index (χ0v) is 7.68. The van der Waals surface area contributed by atoms with E-state index < -0.39 is 0 Å². The van der Waals surface area contributed by atoms with Crippen LogP contribution < -0.4 is 5.73 Å². The van der Waals surface area contributed by atoms with Crippen molar-refractivity contribution in [2.45, 2.75) is 0 Å². The van der Waals surface area contributed by atoms with Gasteiger partial charge in [-0.3, -0.25) is 0 Å². The number of aromatic nitrogens is 2. The minimum Gasteiger partial charge on any atom is -0.463 e. The quantitative estimate of drug-likeness (QED) is 0.651. The molecule has 0 fully saturated rings. The summed E-state index contributed by atoms with van der Waals surface area (Å²) in [4.78, 5) is 4.08. The summed E-state index contributed by atoms with van der Waals surface area (Å²) >= 11 is 0. The monoisotopic (exact) mass is 201 g/mol. The Morgan fingerprint density at radius 3 is 3.00 bits per heavy atom. The van der Waals surface area contributed by atoms with Crippen molar-refractivity contribution in [2.75, 3.05) is 5.73 Å². The molecule has 5 heteroatoms. The van der Waals surface area contributed by atoms with Crippen molar-refractivity contribution in [2.24, 2.45) is 0 Å². The smallest absolute Gasteiger partial charge is 0.147 e. The second-order valence-electron chi connectivity index (χ2n) is 3.14. The molecule has 2 N–H and O–H groups in total. The SMILES string of the molecule is Nc1ncc2ccoc2c1-c1cnoc1. The predicted molar refractivity (Wildman–Crippen MR) is 53.9 cm³/mol. The molecule has 0 atom stereocenters. The van der Waals surface area contributed by atoms with Gasteiger partial charge in [0.05, 0.1) is 18.0 Å². The maximum atomic E-state index is 5.80. The second kappa shape index (κ2) is 2.84. The molecule has 0 unspecified atom stereocenters. The van der Waals surface area contributed by atoms with Gasteiger partial charge in [-0.1, -0.05) is 5.16 Å². The van der Waals surface area contributed by atoms with Gasteiger partial charge in [-0.25, -0.2) is 4.98 Å². The molecule has 0 aliphatic heterocycles. The van der Waals surface area contributed by atoms with Gasteiger partial charge in [-0.15, -0.1) is 0 Å². The Hall–Kier alpha value is -2.30. The maximum absolute atomic E-state index is 5.80. The fraction of sp³-hybridized carbons (Fsp3) is 0. The molecule has 0 aliphatic carbocycles. The fourth-order valence-corrected chi connectivity index (χ4v) is 1.55. The number of pyridine rings is 1. The van der Waals surface area contributed by atoms with Gasteiger partial charge < -0.3 is 14.7 Å². The molecule has 0 radical (unpaired) electrons. The Bertz CT molecular complexity index is 598. The highest BCUT2D eigenvalue weighted by atomic mass is 16.5. The molecule has 0 aromatic carbocycles. The number of anilines is 1. The molecule has 0 saturated heterocycles. The number of nitrogens with zero attached hydrogens (tertiary/aromatic N) is 2. The normalized spacial score (nSPS) is 10.9. The average molecular weight is 201 g/mol. The third-order valence-corrected chi connectivity index (χ3v) is 2.24. The molecule has 3 aromatic heterocycles. The van der Waals surface area contributed by atoms with Crippen LogP contribution in [0.2, 0.25) is 0 Å². The van der Waals surface area contributed by atoms with Crippen LogP contribution >= 0.6 is 0 Å². The Morgan fingerprint density at radius 2 is 2.20 bits per heavy atom. The first-order valence-corrected chi connectivity index (χ1v) is 4.37. The van der Waals surface area contributed by atoms with Gasteiger partial charge in [0.2, 0.25) is 0 Å². The van der Waals surface area contributed by atoms with Crippen LogP contribution in [0, 0.1) is 0 Å². The van der Waals surface area contributed by atoms with Crippen molar-refractivity contribution in [1.29, 1.82) is 0 Å². The Labute approximate surface area is 84.5 Å². The fourth-order valence-electron chi connectivity index (χ4n) is 1.55. The number of hydrogen-bond acceptors (Lipinski definition) is 5. The zero-order chi connectivity index (χ0) is 10.3. The minimum absolute atomic E-state index is 0.403. The van der Waals surface area contributed by atoms with E-state index in [1.807, 2.05) is 6.07 Å².